The van der Waals surface area contributed by atoms with Crippen molar-refractivity contribution in [1.82, 2.24) is 20.2 Å². The lowest BCUT2D eigenvalue weighted by atomic mass is 9.92. The first-order valence-corrected chi connectivity index (χ1v) is 8.38. The average Bonchev–Trinajstić information content (AvgIpc) is 2.81. The molecule has 1 atom stereocenters. The van der Waals surface area contributed by atoms with E-state index in [9.17, 15) is 4.79 Å². The van der Waals surface area contributed by atoms with Gasteiger partial charge in [0.15, 0.2) is 0 Å². The van der Waals surface area contributed by atoms with Gasteiger partial charge in [-0.1, -0.05) is 0 Å². The minimum Gasteiger partial charge on any atom is -0.342 e. The Morgan fingerprint density at radius 1 is 1.30 bits per heavy atom. The summed E-state index contributed by atoms with van der Waals surface area (Å²) in [6, 6.07) is 4.07. The van der Waals surface area contributed by atoms with Gasteiger partial charge in [-0.3, -0.25) is 14.8 Å². The Morgan fingerprint density at radius 2 is 2.22 bits per heavy atom. The second-order valence-electron chi connectivity index (χ2n) is 6.28. The van der Waals surface area contributed by atoms with Crippen molar-refractivity contribution in [3.8, 4) is 0 Å². The van der Waals surface area contributed by atoms with Crippen LogP contribution < -0.4 is 5.32 Å². The number of fused-ring (bicyclic) bond motifs is 1. The summed E-state index contributed by atoms with van der Waals surface area (Å²) < 4.78 is 0. The normalized spacial score (nSPS) is 18.8. The molecule has 3 rings (SSSR count). The maximum atomic E-state index is 12.0. The third kappa shape index (κ3) is 3.85. The van der Waals surface area contributed by atoms with Gasteiger partial charge in [-0.15, -0.1) is 0 Å². The highest BCUT2D eigenvalue weighted by atomic mass is 16.2. The summed E-state index contributed by atoms with van der Waals surface area (Å²) in [4.78, 5) is 22.7. The first-order chi connectivity index (χ1) is 11.3. The highest BCUT2D eigenvalue weighted by Crippen LogP contribution is 2.25. The molecule has 0 unspecified atom stereocenters. The Labute approximate surface area is 137 Å². The molecule has 0 aromatic carbocycles. The molecule has 1 aliphatic rings. The molecule has 0 saturated carbocycles. The quantitative estimate of drug-likeness (QED) is 0.938. The SMILES string of the molecule is CNCC(=O)N1CCC[C@H](Cc2ccnc3ccncc23)CC1. The molecule has 23 heavy (non-hydrogen) atoms. The molecule has 1 saturated heterocycles. The fraction of sp³-hybridized carbons (Fsp3) is 0.500. The van der Waals surface area contributed by atoms with Crippen LogP contribution in [-0.2, 0) is 11.2 Å². The summed E-state index contributed by atoms with van der Waals surface area (Å²) in [5.41, 5.74) is 2.33. The number of carbonyl (C=O) groups excluding carboxylic acids is 1. The van der Waals surface area contributed by atoms with Gasteiger partial charge in [0.05, 0.1) is 12.1 Å². The van der Waals surface area contributed by atoms with Crippen molar-refractivity contribution in [3.05, 3.63) is 36.3 Å². The molecule has 2 aromatic heterocycles. The zero-order chi connectivity index (χ0) is 16.1. The summed E-state index contributed by atoms with van der Waals surface area (Å²) in [5, 5.41) is 4.11. The lowest BCUT2D eigenvalue weighted by Gasteiger charge is -2.20. The summed E-state index contributed by atoms with van der Waals surface area (Å²) in [7, 11) is 1.82. The highest BCUT2D eigenvalue weighted by Gasteiger charge is 2.20. The molecule has 1 fully saturated rings. The van der Waals surface area contributed by atoms with Gasteiger partial charge in [0.1, 0.15) is 0 Å². The van der Waals surface area contributed by atoms with Crippen LogP contribution in [0.1, 0.15) is 24.8 Å². The number of nitrogens with one attached hydrogen (secondary N) is 1. The molecule has 5 nitrogen and oxygen atoms in total. The fourth-order valence-electron chi connectivity index (χ4n) is 3.42. The third-order valence-corrected chi connectivity index (χ3v) is 4.67. The first-order valence-electron chi connectivity index (χ1n) is 8.38. The van der Waals surface area contributed by atoms with Gasteiger partial charge < -0.3 is 10.2 Å². The number of likely N-dealkylation sites (tertiary alicyclic amines) is 1. The van der Waals surface area contributed by atoms with Gasteiger partial charge in [-0.25, -0.2) is 0 Å². The summed E-state index contributed by atoms with van der Waals surface area (Å²) in [6.07, 6.45) is 9.96. The lowest BCUT2D eigenvalue weighted by Crippen LogP contribution is -2.37. The second-order valence-corrected chi connectivity index (χ2v) is 6.28. The number of hydrogen-bond acceptors (Lipinski definition) is 4. The molecule has 5 heteroatoms. The lowest BCUT2D eigenvalue weighted by molar-refractivity contribution is -0.130. The number of carbonyl (C=O) groups is 1. The van der Waals surface area contributed by atoms with E-state index in [1.165, 1.54) is 12.0 Å². The Balaban J connectivity index is 1.67. The standard InChI is InChI=1S/C18H24N4O/c1-19-13-18(23)22-9-2-3-14(6-10-22)11-15-4-8-21-17-5-7-20-12-16(15)17/h4-5,7-8,12,14,19H,2-3,6,9-11,13H2,1H3/t14-/m0/s1. The van der Waals surface area contributed by atoms with Crippen LogP contribution in [0, 0.1) is 5.92 Å². The maximum Gasteiger partial charge on any atom is 0.236 e. The van der Waals surface area contributed by atoms with Crippen LogP contribution in [0.15, 0.2) is 30.7 Å². The predicted octanol–water partition coefficient (Wildman–Crippen LogP) is 2.02. The molecule has 1 N–H and O–H groups in total. The molecule has 0 radical (unpaired) electrons. The summed E-state index contributed by atoms with van der Waals surface area (Å²) in [5.74, 6) is 0.833. The van der Waals surface area contributed by atoms with Crippen LogP contribution in [0.5, 0.6) is 0 Å². The average molecular weight is 312 g/mol. The van der Waals surface area contributed by atoms with Crippen molar-refractivity contribution in [3.63, 3.8) is 0 Å². The van der Waals surface area contributed by atoms with E-state index in [2.05, 4.69) is 21.4 Å². The Bertz CT molecular complexity index is 668. The van der Waals surface area contributed by atoms with Crippen LogP contribution in [0.3, 0.4) is 0 Å². The third-order valence-electron chi connectivity index (χ3n) is 4.67. The van der Waals surface area contributed by atoms with E-state index in [0.717, 1.165) is 43.3 Å². The van der Waals surface area contributed by atoms with E-state index < -0.39 is 0 Å². The Morgan fingerprint density at radius 3 is 3.09 bits per heavy atom. The van der Waals surface area contributed by atoms with Crippen LogP contribution in [0.4, 0.5) is 0 Å². The van der Waals surface area contributed by atoms with Gasteiger partial charge >= 0.3 is 0 Å². The monoisotopic (exact) mass is 312 g/mol. The molecule has 1 aliphatic heterocycles. The first kappa shape index (κ1) is 15.9. The van der Waals surface area contributed by atoms with Crippen molar-refractivity contribution in [2.45, 2.75) is 25.7 Å². The Kier molecular flexibility index (Phi) is 5.18. The molecular formula is C18H24N4O. The van der Waals surface area contributed by atoms with E-state index in [0.29, 0.717) is 12.5 Å². The van der Waals surface area contributed by atoms with Gasteiger partial charge in [-0.05, 0) is 56.3 Å². The van der Waals surface area contributed by atoms with Crippen molar-refractivity contribution in [1.29, 1.82) is 0 Å². The minimum absolute atomic E-state index is 0.215. The van der Waals surface area contributed by atoms with Crippen LogP contribution in [0.2, 0.25) is 0 Å². The molecule has 122 valence electrons. The van der Waals surface area contributed by atoms with Crippen molar-refractivity contribution < 1.29 is 4.79 Å². The number of nitrogens with zero attached hydrogens (tertiary/aromatic N) is 3. The molecule has 0 spiro atoms. The molecule has 0 aliphatic carbocycles. The van der Waals surface area contributed by atoms with Gasteiger partial charge in [-0.2, -0.15) is 0 Å². The van der Waals surface area contributed by atoms with E-state index in [4.69, 9.17) is 0 Å². The number of pyridine rings is 2. The summed E-state index contributed by atoms with van der Waals surface area (Å²) in [6.45, 7) is 2.19. The van der Waals surface area contributed by atoms with E-state index in [1.807, 2.05) is 30.4 Å². The maximum absolute atomic E-state index is 12.0. The van der Waals surface area contributed by atoms with Crippen molar-refractivity contribution in [2.24, 2.45) is 5.92 Å². The number of aromatic nitrogens is 2. The summed E-state index contributed by atoms with van der Waals surface area (Å²) >= 11 is 0. The minimum atomic E-state index is 0.215. The van der Waals surface area contributed by atoms with Gasteiger partial charge in [0, 0.05) is 37.1 Å². The number of rotatable bonds is 4. The highest BCUT2D eigenvalue weighted by molar-refractivity contribution is 5.80. The number of likely N-dealkylation sites (N-methyl/N-ethyl adjacent to an activating group) is 1. The molecule has 0 bridgehead atoms. The largest absolute Gasteiger partial charge is 0.342 e. The molecule has 3 heterocycles. The van der Waals surface area contributed by atoms with Gasteiger partial charge in [0.2, 0.25) is 5.91 Å². The van der Waals surface area contributed by atoms with E-state index in [-0.39, 0.29) is 5.91 Å². The smallest absolute Gasteiger partial charge is 0.236 e. The molecule has 2 aromatic rings. The zero-order valence-corrected chi connectivity index (χ0v) is 13.7. The van der Waals surface area contributed by atoms with Crippen LogP contribution >= 0.6 is 0 Å². The van der Waals surface area contributed by atoms with Crippen LogP contribution in [0.25, 0.3) is 10.9 Å². The van der Waals surface area contributed by atoms with Crippen molar-refractivity contribution in [2.75, 3.05) is 26.7 Å². The number of amides is 1. The second kappa shape index (κ2) is 7.51. The zero-order valence-electron chi connectivity index (χ0n) is 13.7. The molecular weight excluding hydrogens is 288 g/mol. The van der Waals surface area contributed by atoms with E-state index >= 15 is 0 Å². The van der Waals surface area contributed by atoms with Crippen molar-refractivity contribution >= 4 is 16.8 Å². The van der Waals surface area contributed by atoms with E-state index in [1.54, 1.807) is 6.20 Å². The predicted molar refractivity (Wildman–Crippen MR) is 91.1 cm³/mol. The van der Waals surface area contributed by atoms with Crippen LogP contribution in [-0.4, -0.2) is 47.5 Å². The number of hydrogen-bond donors (Lipinski definition) is 1. The topological polar surface area (TPSA) is 58.1 Å². The Hall–Kier alpha value is -2.01. The van der Waals surface area contributed by atoms with Gasteiger partial charge in [0.25, 0.3) is 0 Å². The molecule has 1 amide bonds. The fourth-order valence-corrected chi connectivity index (χ4v) is 3.42.